The molecule has 0 aromatic heterocycles. The van der Waals surface area contributed by atoms with Crippen molar-refractivity contribution in [1.82, 2.24) is 5.32 Å². The van der Waals surface area contributed by atoms with Gasteiger partial charge in [0, 0.05) is 25.0 Å². The number of allylic oxidation sites excluding steroid dienone is 1. The van der Waals surface area contributed by atoms with Crippen molar-refractivity contribution in [1.29, 1.82) is 0 Å². The van der Waals surface area contributed by atoms with E-state index < -0.39 is 47.5 Å². The van der Waals surface area contributed by atoms with Crippen LogP contribution in [-0.2, 0) is 30.3 Å². The Kier molecular flexibility index (Phi) is 8.56. The summed E-state index contributed by atoms with van der Waals surface area (Å²) in [5.41, 5.74) is 0.128. The minimum atomic E-state index is -1.61. The Bertz CT molecular complexity index is 1110. The molecule has 1 aliphatic carbocycles. The van der Waals surface area contributed by atoms with E-state index >= 15 is 0 Å². The molecule has 1 aromatic carbocycles. The average Bonchev–Trinajstić information content (AvgIpc) is 3.14. The molecule has 204 valence electrons. The molecule has 0 radical (unpaired) electrons. The molecule has 7 heteroatoms. The van der Waals surface area contributed by atoms with Crippen molar-refractivity contribution in [3.8, 4) is 0 Å². The third-order valence-electron chi connectivity index (χ3n) is 8.30. The monoisotopic (exact) mass is 521 g/mol. The maximum Gasteiger partial charge on any atom is 0.331 e. The molecule has 8 atom stereocenters. The Morgan fingerprint density at radius 1 is 1.18 bits per heavy atom. The van der Waals surface area contributed by atoms with Gasteiger partial charge in [0.2, 0.25) is 5.60 Å². The van der Waals surface area contributed by atoms with E-state index in [1.54, 1.807) is 0 Å². The lowest BCUT2D eigenvalue weighted by Gasteiger charge is -2.49. The molecule has 2 N–H and O–H groups in total. The van der Waals surface area contributed by atoms with Crippen LogP contribution in [0, 0.1) is 23.7 Å². The molecule has 0 bridgehead atoms. The predicted molar refractivity (Wildman–Crippen MR) is 144 cm³/mol. The van der Waals surface area contributed by atoms with E-state index in [0.717, 1.165) is 24.8 Å². The quantitative estimate of drug-likeness (QED) is 0.460. The third kappa shape index (κ3) is 5.63. The van der Waals surface area contributed by atoms with Gasteiger partial charge < -0.3 is 19.9 Å². The Morgan fingerprint density at radius 3 is 2.63 bits per heavy atom. The molecule has 0 unspecified atom stereocenters. The Balaban J connectivity index is 1.84. The van der Waals surface area contributed by atoms with E-state index in [2.05, 4.69) is 18.8 Å². The summed E-state index contributed by atoms with van der Waals surface area (Å²) < 4.78 is 11.9. The highest BCUT2D eigenvalue weighted by atomic mass is 16.6. The van der Waals surface area contributed by atoms with Crippen LogP contribution in [0.25, 0.3) is 0 Å². The summed E-state index contributed by atoms with van der Waals surface area (Å²) in [4.78, 5) is 39.4. The first-order valence-electron chi connectivity index (χ1n) is 13.6. The first-order chi connectivity index (χ1) is 18.1. The fourth-order valence-electron chi connectivity index (χ4n) is 6.40. The van der Waals surface area contributed by atoms with Crippen LogP contribution in [0.15, 0.2) is 66.8 Å². The SMILES string of the molecule is C=C1[C@@H](C)[C@H]2[C@H](Cc3ccccc3)NC(=O)[C@]23OC(=O)C=C[C@H](O)CCC[C@@H](C)CC=C[C@@H]3[C@@H]1OC(C)=O. The van der Waals surface area contributed by atoms with Crippen LogP contribution in [0.3, 0.4) is 0 Å². The molecular formula is C31H39NO6. The van der Waals surface area contributed by atoms with E-state index in [1.807, 2.05) is 49.4 Å². The first-order valence-corrected chi connectivity index (χ1v) is 13.6. The molecule has 1 saturated carbocycles. The van der Waals surface area contributed by atoms with Crippen LogP contribution in [-0.4, -0.2) is 46.8 Å². The number of nitrogens with one attached hydrogen (secondary N) is 1. The van der Waals surface area contributed by atoms with Crippen LogP contribution in [0.1, 0.15) is 52.0 Å². The number of rotatable bonds is 3. The van der Waals surface area contributed by atoms with Gasteiger partial charge in [0.1, 0.15) is 6.10 Å². The number of hydrogen-bond donors (Lipinski definition) is 2. The van der Waals surface area contributed by atoms with E-state index in [9.17, 15) is 19.5 Å². The van der Waals surface area contributed by atoms with E-state index in [-0.39, 0.29) is 12.0 Å². The molecule has 38 heavy (non-hydrogen) atoms. The smallest absolute Gasteiger partial charge is 0.331 e. The van der Waals surface area contributed by atoms with Gasteiger partial charge in [-0.3, -0.25) is 9.59 Å². The highest BCUT2D eigenvalue weighted by molar-refractivity contribution is 5.94. The van der Waals surface area contributed by atoms with Crippen molar-refractivity contribution in [2.45, 2.75) is 76.7 Å². The fourth-order valence-corrected chi connectivity index (χ4v) is 6.40. The van der Waals surface area contributed by atoms with Gasteiger partial charge in [-0.05, 0) is 48.3 Å². The highest BCUT2D eigenvalue weighted by Crippen LogP contribution is 2.53. The third-order valence-corrected chi connectivity index (χ3v) is 8.30. The Morgan fingerprint density at radius 2 is 1.92 bits per heavy atom. The van der Waals surface area contributed by atoms with E-state index in [0.29, 0.717) is 24.3 Å². The minimum Gasteiger partial charge on any atom is -0.457 e. The maximum atomic E-state index is 14.0. The zero-order valence-corrected chi connectivity index (χ0v) is 22.5. The molecule has 2 fully saturated rings. The summed E-state index contributed by atoms with van der Waals surface area (Å²) in [6, 6.07) is 9.52. The first kappa shape index (κ1) is 27.8. The van der Waals surface area contributed by atoms with Gasteiger partial charge in [-0.25, -0.2) is 4.79 Å². The number of esters is 2. The minimum absolute atomic E-state index is 0.295. The van der Waals surface area contributed by atoms with Gasteiger partial charge in [0.15, 0.2) is 0 Å². The van der Waals surface area contributed by atoms with Crippen LogP contribution < -0.4 is 5.32 Å². The number of amides is 1. The summed E-state index contributed by atoms with van der Waals surface area (Å²) in [5, 5.41) is 13.5. The normalized spacial score (nSPS) is 35.9. The van der Waals surface area contributed by atoms with Crippen molar-refractivity contribution in [3.05, 3.63) is 72.4 Å². The summed E-state index contributed by atoms with van der Waals surface area (Å²) in [7, 11) is 0. The molecule has 3 aliphatic rings. The average molecular weight is 522 g/mol. The van der Waals surface area contributed by atoms with Gasteiger partial charge in [0.25, 0.3) is 5.91 Å². The second kappa shape index (κ2) is 11.7. The largest absolute Gasteiger partial charge is 0.457 e. The van der Waals surface area contributed by atoms with Crippen molar-refractivity contribution < 1.29 is 29.0 Å². The predicted octanol–water partition coefficient (Wildman–Crippen LogP) is 4.06. The van der Waals surface area contributed by atoms with Crippen molar-refractivity contribution in [2.75, 3.05) is 0 Å². The van der Waals surface area contributed by atoms with Crippen molar-refractivity contribution in [3.63, 3.8) is 0 Å². The molecule has 7 nitrogen and oxygen atoms in total. The number of ether oxygens (including phenoxy) is 2. The Hall–Kier alpha value is -3.19. The molecule has 1 amide bonds. The number of aliphatic hydroxyl groups is 1. The maximum absolute atomic E-state index is 14.0. The van der Waals surface area contributed by atoms with Gasteiger partial charge in [0.05, 0.1) is 12.0 Å². The van der Waals surface area contributed by atoms with Crippen LogP contribution >= 0.6 is 0 Å². The lowest BCUT2D eigenvalue weighted by molar-refractivity contribution is -0.186. The van der Waals surface area contributed by atoms with Gasteiger partial charge in [-0.2, -0.15) is 0 Å². The molecular weight excluding hydrogens is 482 g/mol. The number of hydrogen-bond acceptors (Lipinski definition) is 6. The van der Waals surface area contributed by atoms with E-state index in [1.165, 1.54) is 19.1 Å². The second-order valence-electron chi connectivity index (χ2n) is 11.1. The molecule has 1 aromatic rings. The number of carbonyl (C=O) groups excluding carboxylic acids is 3. The number of carbonyl (C=O) groups is 3. The highest BCUT2D eigenvalue weighted by Gasteiger charge is 2.68. The summed E-state index contributed by atoms with van der Waals surface area (Å²) in [6.45, 7) is 9.72. The lowest BCUT2D eigenvalue weighted by atomic mass is 9.59. The summed E-state index contributed by atoms with van der Waals surface area (Å²) >= 11 is 0. The van der Waals surface area contributed by atoms with Crippen LogP contribution in [0.4, 0.5) is 0 Å². The molecule has 2 aliphatic heterocycles. The Labute approximate surface area is 225 Å². The van der Waals surface area contributed by atoms with Crippen molar-refractivity contribution in [2.24, 2.45) is 23.7 Å². The van der Waals surface area contributed by atoms with Crippen molar-refractivity contribution >= 4 is 17.8 Å². The van der Waals surface area contributed by atoms with Crippen LogP contribution in [0.2, 0.25) is 0 Å². The van der Waals surface area contributed by atoms with Crippen LogP contribution in [0.5, 0.6) is 0 Å². The summed E-state index contributed by atoms with van der Waals surface area (Å²) in [5.74, 6) is -2.76. The topological polar surface area (TPSA) is 102 Å². The zero-order valence-electron chi connectivity index (χ0n) is 22.5. The van der Waals surface area contributed by atoms with Gasteiger partial charge in [-0.15, -0.1) is 0 Å². The van der Waals surface area contributed by atoms with Gasteiger partial charge >= 0.3 is 11.9 Å². The lowest BCUT2D eigenvalue weighted by Crippen LogP contribution is -2.62. The standard InChI is InChI=1S/C31H39NO6/c1-19-10-8-14-24(34)16-17-27(35)38-31-25(15-9-11-19)29(37-22(4)33)21(3)20(2)28(31)26(32-30(31)36)18-23-12-6-5-7-13-23/h5-7,9,12-13,15-17,19-20,24-26,28-29,34H,3,8,10-11,14,18H2,1-2,4H3,(H,32,36)/t19-,20-,24-,25-,26+,28+,29-,31-/m1/s1. The molecule has 4 rings (SSSR count). The zero-order chi connectivity index (χ0) is 27.4. The molecule has 2 heterocycles. The molecule has 1 spiro atoms. The number of benzene rings is 1. The van der Waals surface area contributed by atoms with Gasteiger partial charge in [-0.1, -0.05) is 75.8 Å². The second-order valence-corrected chi connectivity index (χ2v) is 11.1. The summed E-state index contributed by atoms with van der Waals surface area (Å²) in [6.07, 6.45) is 8.47. The molecule has 1 saturated heterocycles. The number of aliphatic hydroxyl groups excluding tert-OH is 1. The van der Waals surface area contributed by atoms with E-state index in [4.69, 9.17) is 9.47 Å². The fraction of sp³-hybridized carbons (Fsp3) is 0.516.